The molecule has 7 nitrogen and oxygen atoms in total. The maximum atomic E-state index is 14.5. The van der Waals surface area contributed by atoms with Gasteiger partial charge in [0.05, 0.1) is 5.52 Å². The lowest BCUT2D eigenvalue weighted by molar-refractivity contribution is 0.230. The summed E-state index contributed by atoms with van der Waals surface area (Å²) in [6, 6.07) is 2.00. The van der Waals surface area contributed by atoms with Crippen molar-refractivity contribution in [3.8, 4) is 0 Å². The van der Waals surface area contributed by atoms with E-state index in [1.165, 1.54) is 23.9 Å². The number of aryl methyl sites for hydroxylation is 1. The first kappa shape index (κ1) is 14.9. The molecule has 0 bridgehead atoms. The minimum Gasteiger partial charge on any atom is -0.351 e. The second-order valence-corrected chi connectivity index (χ2v) is 6.82. The van der Waals surface area contributed by atoms with Gasteiger partial charge in [-0.2, -0.15) is 4.52 Å². The lowest BCUT2D eigenvalue weighted by atomic mass is 10.1. The van der Waals surface area contributed by atoms with Gasteiger partial charge in [-0.1, -0.05) is 0 Å². The zero-order valence-corrected chi connectivity index (χ0v) is 13.8. The molecule has 3 aromatic rings. The molecule has 2 aliphatic rings. The Morgan fingerprint density at radius 1 is 1.16 bits per heavy atom. The second-order valence-electron chi connectivity index (χ2n) is 6.82. The molecule has 2 fully saturated rings. The van der Waals surface area contributed by atoms with Crippen molar-refractivity contribution in [1.29, 1.82) is 0 Å². The van der Waals surface area contributed by atoms with Gasteiger partial charge in [0.25, 0.3) is 0 Å². The molecule has 0 aliphatic carbocycles. The first-order valence-corrected chi connectivity index (χ1v) is 8.49. The van der Waals surface area contributed by atoms with E-state index in [1.807, 2.05) is 0 Å². The molecule has 0 N–H and O–H groups in total. The Balaban J connectivity index is 1.70. The number of piperazine rings is 1. The summed E-state index contributed by atoms with van der Waals surface area (Å²) in [5.41, 5.74) is 1.02. The molecule has 1 unspecified atom stereocenters. The van der Waals surface area contributed by atoms with Gasteiger partial charge in [0.15, 0.2) is 17.5 Å². The van der Waals surface area contributed by atoms with Crippen molar-refractivity contribution in [2.24, 2.45) is 0 Å². The van der Waals surface area contributed by atoms with E-state index in [2.05, 4.69) is 30.3 Å². The van der Waals surface area contributed by atoms with Crippen LogP contribution in [0, 0.1) is 18.6 Å². The van der Waals surface area contributed by atoms with Gasteiger partial charge in [0.1, 0.15) is 5.52 Å². The third-order valence-electron chi connectivity index (χ3n) is 5.34. The number of hydrogen-bond donors (Lipinski definition) is 0. The molecule has 4 heterocycles. The number of hydrogen-bond acceptors (Lipinski definition) is 6. The molecule has 130 valence electrons. The highest BCUT2D eigenvalue weighted by Crippen LogP contribution is 2.30. The van der Waals surface area contributed by atoms with E-state index >= 15 is 0 Å². The third kappa shape index (κ3) is 2.11. The summed E-state index contributed by atoms with van der Waals surface area (Å²) in [5.74, 6) is -1.31. The monoisotopic (exact) mass is 345 g/mol. The van der Waals surface area contributed by atoms with Gasteiger partial charge < -0.3 is 4.90 Å². The zero-order chi connectivity index (χ0) is 17.1. The first-order chi connectivity index (χ1) is 12.1. The fraction of sp³-hybridized carbons (Fsp3) is 0.500. The summed E-state index contributed by atoms with van der Waals surface area (Å²) >= 11 is 0. The molecular formula is C16H17F2N7. The molecule has 1 aromatic carbocycles. The predicted molar refractivity (Wildman–Crippen MR) is 87.5 cm³/mol. The van der Waals surface area contributed by atoms with Gasteiger partial charge in [-0.25, -0.2) is 13.8 Å². The molecule has 5 rings (SSSR count). The van der Waals surface area contributed by atoms with E-state index in [4.69, 9.17) is 0 Å². The van der Waals surface area contributed by atoms with Crippen LogP contribution in [0.3, 0.4) is 0 Å². The molecule has 2 saturated heterocycles. The summed E-state index contributed by atoms with van der Waals surface area (Å²) in [6.07, 6.45) is 2.35. The molecule has 0 spiro atoms. The maximum absolute atomic E-state index is 14.5. The van der Waals surface area contributed by atoms with Gasteiger partial charge in [0, 0.05) is 25.7 Å². The fourth-order valence-corrected chi connectivity index (χ4v) is 4.03. The van der Waals surface area contributed by atoms with E-state index in [1.54, 1.807) is 0 Å². The largest absolute Gasteiger partial charge is 0.351 e. The standard InChI is InChI=1S/C16H17F2N7/c1-9-7-11-14(13(18)12(9)17)19-15(16-20-21-22-25(11)16)24-6-5-23-4-2-3-10(23)8-24/h7,10H,2-6,8H2,1H3. The second kappa shape index (κ2) is 5.29. The van der Waals surface area contributed by atoms with Crippen LogP contribution < -0.4 is 4.90 Å². The number of fused-ring (bicyclic) bond motifs is 4. The third-order valence-corrected chi connectivity index (χ3v) is 5.34. The topological polar surface area (TPSA) is 62.5 Å². The Labute approximate surface area is 142 Å². The van der Waals surface area contributed by atoms with Crippen LogP contribution in [0.1, 0.15) is 18.4 Å². The van der Waals surface area contributed by atoms with Gasteiger partial charge in [-0.3, -0.25) is 4.90 Å². The molecule has 1 atom stereocenters. The SMILES string of the molecule is Cc1cc2c(nc(N3CCN4CCCC4C3)c3nnnn32)c(F)c1F. The van der Waals surface area contributed by atoms with Crippen LogP contribution in [0.4, 0.5) is 14.6 Å². The van der Waals surface area contributed by atoms with E-state index in [9.17, 15) is 8.78 Å². The van der Waals surface area contributed by atoms with Crippen molar-refractivity contribution in [2.45, 2.75) is 25.8 Å². The highest BCUT2D eigenvalue weighted by molar-refractivity contribution is 5.83. The molecule has 2 aromatic heterocycles. The van der Waals surface area contributed by atoms with Gasteiger partial charge in [0.2, 0.25) is 5.65 Å². The van der Waals surface area contributed by atoms with Crippen molar-refractivity contribution in [3.05, 3.63) is 23.3 Å². The highest BCUT2D eigenvalue weighted by Gasteiger charge is 2.32. The van der Waals surface area contributed by atoms with Crippen molar-refractivity contribution < 1.29 is 8.78 Å². The smallest absolute Gasteiger partial charge is 0.222 e. The van der Waals surface area contributed by atoms with Crippen LogP contribution >= 0.6 is 0 Å². The number of tetrazole rings is 1. The van der Waals surface area contributed by atoms with Crippen molar-refractivity contribution in [3.63, 3.8) is 0 Å². The van der Waals surface area contributed by atoms with Crippen molar-refractivity contribution in [2.75, 3.05) is 31.1 Å². The number of benzene rings is 1. The lowest BCUT2D eigenvalue weighted by Gasteiger charge is -2.38. The maximum Gasteiger partial charge on any atom is 0.222 e. The predicted octanol–water partition coefficient (Wildman–Crippen LogP) is 1.54. The molecule has 9 heteroatoms. The summed E-state index contributed by atoms with van der Waals surface area (Å²) in [7, 11) is 0. The first-order valence-electron chi connectivity index (χ1n) is 8.49. The average Bonchev–Trinajstić information content (AvgIpc) is 3.28. The number of aromatic nitrogens is 5. The van der Waals surface area contributed by atoms with E-state index in [0.717, 1.165) is 32.6 Å². The summed E-state index contributed by atoms with van der Waals surface area (Å²) in [5, 5.41) is 11.8. The summed E-state index contributed by atoms with van der Waals surface area (Å²) in [4.78, 5) is 9.01. The zero-order valence-electron chi connectivity index (χ0n) is 13.8. The minimum atomic E-state index is -0.951. The number of rotatable bonds is 1. The van der Waals surface area contributed by atoms with Crippen LogP contribution in [0.25, 0.3) is 16.7 Å². The Bertz CT molecular complexity index is 986. The Kier molecular flexibility index (Phi) is 3.15. The Morgan fingerprint density at radius 2 is 2.04 bits per heavy atom. The number of anilines is 1. The van der Waals surface area contributed by atoms with Crippen LogP contribution in [0.5, 0.6) is 0 Å². The quantitative estimate of drug-likeness (QED) is 0.667. The van der Waals surface area contributed by atoms with Gasteiger partial charge >= 0.3 is 0 Å². The minimum absolute atomic E-state index is 0.0354. The number of halogens is 2. The van der Waals surface area contributed by atoms with Crippen LogP contribution in [-0.4, -0.2) is 62.1 Å². The molecule has 2 aliphatic heterocycles. The van der Waals surface area contributed by atoms with Crippen molar-refractivity contribution >= 4 is 22.5 Å². The van der Waals surface area contributed by atoms with E-state index in [0.29, 0.717) is 23.0 Å². The van der Waals surface area contributed by atoms with Gasteiger partial charge in [-0.05, 0) is 48.4 Å². The molecule has 25 heavy (non-hydrogen) atoms. The molecule has 0 saturated carbocycles. The van der Waals surface area contributed by atoms with Gasteiger partial charge in [-0.15, -0.1) is 5.10 Å². The van der Waals surface area contributed by atoms with E-state index < -0.39 is 11.6 Å². The number of nitrogens with zero attached hydrogens (tertiary/aromatic N) is 7. The van der Waals surface area contributed by atoms with E-state index in [-0.39, 0.29) is 11.1 Å². The molecule has 0 radical (unpaired) electrons. The fourth-order valence-electron chi connectivity index (χ4n) is 4.03. The van der Waals surface area contributed by atoms with Crippen LogP contribution in [0.2, 0.25) is 0 Å². The Morgan fingerprint density at radius 3 is 2.92 bits per heavy atom. The van der Waals surface area contributed by atoms with Crippen molar-refractivity contribution in [1.82, 2.24) is 29.9 Å². The summed E-state index contributed by atoms with van der Waals surface area (Å²) < 4.78 is 30.0. The van der Waals surface area contributed by atoms with Crippen LogP contribution in [0.15, 0.2) is 6.07 Å². The lowest BCUT2D eigenvalue weighted by Crippen LogP contribution is -2.50. The summed E-state index contributed by atoms with van der Waals surface area (Å²) in [6.45, 7) is 5.15. The highest BCUT2D eigenvalue weighted by atomic mass is 19.2. The molecular weight excluding hydrogens is 328 g/mol. The normalized spacial score (nSPS) is 21.4. The Hall–Kier alpha value is -2.42. The van der Waals surface area contributed by atoms with Crippen LogP contribution in [-0.2, 0) is 0 Å². The average molecular weight is 345 g/mol. The molecule has 0 amide bonds.